The molecule has 1 aromatic carbocycles. The molecule has 2 aromatic heterocycles. The summed E-state index contributed by atoms with van der Waals surface area (Å²) in [6.07, 6.45) is 7.61. The molecule has 7 heteroatoms. The van der Waals surface area contributed by atoms with E-state index in [1.54, 1.807) is 24.8 Å². The second-order valence-corrected chi connectivity index (χ2v) is 5.63. The number of aromatic nitrogens is 4. The van der Waals surface area contributed by atoms with Gasteiger partial charge in [0.1, 0.15) is 0 Å². The van der Waals surface area contributed by atoms with Gasteiger partial charge in [0.25, 0.3) is 11.5 Å². The van der Waals surface area contributed by atoms with E-state index in [1.165, 1.54) is 10.7 Å². The lowest BCUT2D eigenvalue weighted by Gasteiger charge is -2.07. The summed E-state index contributed by atoms with van der Waals surface area (Å²) in [6, 6.07) is 10.6. The van der Waals surface area contributed by atoms with Gasteiger partial charge in [0.2, 0.25) is 0 Å². The first-order valence-corrected chi connectivity index (χ1v) is 8.07. The van der Waals surface area contributed by atoms with E-state index >= 15 is 0 Å². The largest absolute Gasteiger partial charge is 0.352 e. The van der Waals surface area contributed by atoms with Crippen LogP contribution in [0.4, 0.5) is 0 Å². The van der Waals surface area contributed by atoms with Crippen molar-refractivity contribution in [2.24, 2.45) is 0 Å². The van der Waals surface area contributed by atoms with Gasteiger partial charge < -0.3 is 9.88 Å². The zero-order valence-electron chi connectivity index (χ0n) is 13.7. The van der Waals surface area contributed by atoms with Crippen LogP contribution < -0.4 is 10.9 Å². The number of rotatable bonds is 7. The van der Waals surface area contributed by atoms with Gasteiger partial charge in [0.05, 0.1) is 6.33 Å². The SMILES string of the molecule is O=C(NCCCn1ncccc1=O)c1ccc(Cn2ccnc2)cc1. The first-order chi connectivity index (χ1) is 12.2. The van der Waals surface area contributed by atoms with Crippen LogP contribution >= 0.6 is 0 Å². The second kappa shape index (κ2) is 8.05. The number of amides is 1. The second-order valence-electron chi connectivity index (χ2n) is 5.63. The summed E-state index contributed by atoms with van der Waals surface area (Å²) >= 11 is 0. The summed E-state index contributed by atoms with van der Waals surface area (Å²) in [4.78, 5) is 27.7. The van der Waals surface area contributed by atoms with E-state index in [-0.39, 0.29) is 11.5 Å². The van der Waals surface area contributed by atoms with Gasteiger partial charge in [-0.2, -0.15) is 5.10 Å². The predicted octanol–water partition coefficient (Wildman–Crippen LogP) is 1.31. The fourth-order valence-corrected chi connectivity index (χ4v) is 2.44. The minimum absolute atomic E-state index is 0.123. The number of carbonyl (C=O) groups is 1. The Morgan fingerprint density at radius 3 is 2.68 bits per heavy atom. The van der Waals surface area contributed by atoms with E-state index < -0.39 is 0 Å². The molecule has 0 fully saturated rings. The van der Waals surface area contributed by atoms with Crippen molar-refractivity contribution in [1.82, 2.24) is 24.6 Å². The molecule has 0 aliphatic rings. The number of carbonyl (C=O) groups excluding carboxylic acids is 1. The van der Waals surface area contributed by atoms with Crippen LogP contribution in [0.15, 0.2) is 66.1 Å². The molecule has 0 aliphatic carbocycles. The minimum Gasteiger partial charge on any atom is -0.352 e. The average Bonchev–Trinajstić information content (AvgIpc) is 3.13. The number of imidazole rings is 1. The van der Waals surface area contributed by atoms with Crippen molar-refractivity contribution < 1.29 is 4.79 Å². The van der Waals surface area contributed by atoms with Crippen LogP contribution in [-0.4, -0.2) is 31.8 Å². The third-order valence-electron chi connectivity index (χ3n) is 3.76. The highest BCUT2D eigenvalue weighted by atomic mass is 16.1. The summed E-state index contributed by atoms with van der Waals surface area (Å²) in [5.74, 6) is -0.123. The van der Waals surface area contributed by atoms with Crippen LogP contribution in [0.1, 0.15) is 22.3 Å². The van der Waals surface area contributed by atoms with Crippen LogP contribution in [-0.2, 0) is 13.1 Å². The van der Waals surface area contributed by atoms with Gasteiger partial charge in [-0.05, 0) is 30.2 Å². The minimum atomic E-state index is -0.137. The lowest BCUT2D eigenvalue weighted by Crippen LogP contribution is -2.27. The Bertz CT molecular complexity index is 869. The van der Waals surface area contributed by atoms with Crippen molar-refractivity contribution >= 4 is 5.91 Å². The summed E-state index contributed by atoms with van der Waals surface area (Å²) in [5.41, 5.74) is 1.58. The predicted molar refractivity (Wildman–Crippen MR) is 93.2 cm³/mol. The third kappa shape index (κ3) is 4.63. The van der Waals surface area contributed by atoms with Crippen LogP contribution in [0.3, 0.4) is 0 Å². The number of hydrogen-bond donors (Lipinski definition) is 1. The Kier molecular flexibility index (Phi) is 5.36. The zero-order valence-corrected chi connectivity index (χ0v) is 13.7. The molecule has 0 saturated heterocycles. The lowest BCUT2D eigenvalue weighted by molar-refractivity contribution is 0.0952. The maximum Gasteiger partial charge on any atom is 0.266 e. The monoisotopic (exact) mass is 337 g/mol. The number of benzene rings is 1. The molecule has 1 N–H and O–H groups in total. The number of hydrogen-bond acceptors (Lipinski definition) is 4. The van der Waals surface area contributed by atoms with Gasteiger partial charge in [0.15, 0.2) is 0 Å². The Labute approximate surface area is 144 Å². The molecule has 128 valence electrons. The van der Waals surface area contributed by atoms with Crippen molar-refractivity contribution in [3.8, 4) is 0 Å². The molecule has 3 aromatic rings. The maximum absolute atomic E-state index is 12.1. The van der Waals surface area contributed by atoms with E-state index in [0.717, 1.165) is 12.1 Å². The fraction of sp³-hybridized carbons (Fsp3) is 0.222. The van der Waals surface area contributed by atoms with Gasteiger partial charge in [-0.15, -0.1) is 0 Å². The van der Waals surface area contributed by atoms with Gasteiger partial charge in [-0.1, -0.05) is 12.1 Å². The topological polar surface area (TPSA) is 81.8 Å². The Hall–Kier alpha value is -3.22. The van der Waals surface area contributed by atoms with E-state index in [9.17, 15) is 9.59 Å². The lowest BCUT2D eigenvalue weighted by atomic mass is 10.1. The number of nitrogens with one attached hydrogen (secondary N) is 1. The maximum atomic E-state index is 12.1. The molecule has 3 rings (SSSR count). The van der Waals surface area contributed by atoms with Crippen LogP contribution in [0, 0.1) is 0 Å². The van der Waals surface area contributed by atoms with Crippen molar-refractivity contribution in [2.75, 3.05) is 6.54 Å². The Morgan fingerprint density at radius 1 is 1.12 bits per heavy atom. The van der Waals surface area contributed by atoms with E-state index in [4.69, 9.17) is 0 Å². The molecular formula is C18H19N5O2. The molecular weight excluding hydrogens is 318 g/mol. The zero-order chi connectivity index (χ0) is 17.5. The third-order valence-corrected chi connectivity index (χ3v) is 3.76. The van der Waals surface area contributed by atoms with Crippen molar-refractivity contribution in [3.05, 3.63) is 82.8 Å². The standard InChI is InChI=1S/C18H19N5O2/c24-17-3-1-9-21-23(17)11-2-8-20-18(25)16-6-4-15(5-7-16)13-22-12-10-19-14-22/h1,3-7,9-10,12,14H,2,8,11,13H2,(H,20,25). The average molecular weight is 337 g/mol. The normalized spacial score (nSPS) is 10.6. The summed E-state index contributed by atoms with van der Waals surface area (Å²) in [5, 5.41) is 6.83. The van der Waals surface area contributed by atoms with Crippen molar-refractivity contribution in [1.29, 1.82) is 0 Å². The summed E-state index contributed by atoms with van der Waals surface area (Å²) < 4.78 is 3.35. The van der Waals surface area contributed by atoms with Gasteiger partial charge in [-0.25, -0.2) is 9.67 Å². The van der Waals surface area contributed by atoms with Gasteiger partial charge >= 0.3 is 0 Å². The molecule has 0 unspecified atom stereocenters. The van der Waals surface area contributed by atoms with E-state index in [1.807, 2.05) is 35.0 Å². The molecule has 0 bridgehead atoms. The first kappa shape index (κ1) is 16.6. The van der Waals surface area contributed by atoms with E-state index in [0.29, 0.717) is 25.1 Å². The van der Waals surface area contributed by atoms with Gasteiger partial charge in [0, 0.05) is 49.9 Å². The highest BCUT2D eigenvalue weighted by Gasteiger charge is 2.05. The number of aryl methyl sites for hydroxylation is 1. The molecule has 0 spiro atoms. The van der Waals surface area contributed by atoms with Gasteiger partial charge in [-0.3, -0.25) is 9.59 Å². The van der Waals surface area contributed by atoms with Crippen LogP contribution in [0.5, 0.6) is 0 Å². The van der Waals surface area contributed by atoms with Crippen molar-refractivity contribution in [2.45, 2.75) is 19.5 Å². The highest BCUT2D eigenvalue weighted by molar-refractivity contribution is 5.94. The molecule has 1 amide bonds. The fourth-order valence-electron chi connectivity index (χ4n) is 2.44. The first-order valence-electron chi connectivity index (χ1n) is 8.07. The van der Waals surface area contributed by atoms with Crippen molar-refractivity contribution in [3.63, 3.8) is 0 Å². The quantitative estimate of drug-likeness (QED) is 0.659. The highest BCUT2D eigenvalue weighted by Crippen LogP contribution is 2.06. The molecule has 7 nitrogen and oxygen atoms in total. The molecule has 25 heavy (non-hydrogen) atoms. The summed E-state index contributed by atoms with van der Waals surface area (Å²) in [7, 11) is 0. The smallest absolute Gasteiger partial charge is 0.266 e. The molecule has 2 heterocycles. The summed E-state index contributed by atoms with van der Waals surface area (Å²) in [6.45, 7) is 1.68. The molecule has 0 atom stereocenters. The number of nitrogens with zero attached hydrogens (tertiary/aromatic N) is 4. The molecule has 0 aliphatic heterocycles. The Morgan fingerprint density at radius 2 is 1.96 bits per heavy atom. The molecule has 0 saturated carbocycles. The van der Waals surface area contributed by atoms with Crippen LogP contribution in [0.2, 0.25) is 0 Å². The Balaban J connectivity index is 1.46. The molecule has 0 radical (unpaired) electrons. The van der Waals surface area contributed by atoms with E-state index in [2.05, 4.69) is 15.4 Å². The van der Waals surface area contributed by atoms with Crippen LogP contribution in [0.25, 0.3) is 0 Å².